The van der Waals surface area contributed by atoms with Crippen LogP contribution in [-0.4, -0.2) is 11.8 Å². The van der Waals surface area contributed by atoms with E-state index in [1.165, 1.54) is 4.90 Å². The predicted molar refractivity (Wildman–Crippen MR) is 126 cm³/mol. The average molecular weight is 431 g/mol. The van der Waals surface area contributed by atoms with Crippen LogP contribution >= 0.6 is 11.6 Å². The molecule has 0 atom stereocenters. The molecule has 0 bridgehead atoms. The molecule has 0 aliphatic carbocycles. The molecule has 0 saturated heterocycles. The third-order valence-electron chi connectivity index (χ3n) is 5.68. The zero-order chi connectivity index (χ0) is 22.3. The van der Waals surface area contributed by atoms with Crippen molar-refractivity contribution in [2.75, 3.05) is 10.2 Å². The number of imide groups is 1. The summed E-state index contributed by atoms with van der Waals surface area (Å²) in [7, 11) is 0. The van der Waals surface area contributed by atoms with E-state index in [-0.39, 0.29) is 17.5 Å². The first kappa shape index (κ1) is 20.9. The summed E-state index contributed by atoms with van der Waals surface area (Å²) in [5.74, 6) is -0.710. The first-order chi connectivity index (χ1) is 14.8. The molecule has 0 spiro atoms. The molecule has 3 aromatic carbocycles. The van der Waals surface area contributed by atoms with Gasteiger partial charge in [-0.25, -0.2) is 4.90 Å². The summed E-state index contributed by atoms with van der Waals surface area (Å²) in [5, 5.41) is 3.84. The molecule has 0 aromatic heterocycles. The second kappa shape index (κ2) is 8.05. The Bertz CT molecular complexity index is 1260. The van der Waals surface area contributed by atoms with Crippen LogP contribution in [0, 0.1) is 27.7 Å². The van der Waals surface area contributed by atoms with E-state index in [1.54, 1.807) is 12.1 Å². The SMILES string of the molecule is Cc1ccc(C2=C(Nc3ccc(Cl)cc3C)C(=O)N(c3ccccc3C)C2=O)cc1C. The monoisotopic (exact) mass is 430 g/mol. The van der Waals surface area contributed by atoms with Crippen LogP contribution in [0.3, 0.4) is 0 Å². The topological polar surface area (TPSA) is 49.4 Å². The molecule has 1 N–H and O–H groups in total. The Hall–Kier alpha value is -3.37. The van der Waals surface area contributed by atoms with Gasteiger partial charge in [-0.3, -0.25) is 9.59 Å². The van der Waals surface area contributed by atoms with Gasteiger partial charge in [0.2, 0.25) is 0 Å². The lowest BCUT2D eigenvalue weighted by atomic mass is 9.99. The van der Waals surface area contributed by atoms with Crippen molar-refractivity contribution in [2.24, 2.45) is 0 Å². The summed E-state index contributed by atoms with van der Waals surface area (Å²) >= 11 is 6.09. The number of halogens is 1. The van der Waals surface area contributed by atoms with Crippen molar-refractivity contribution in [3.63, 3.8) is 0 Å². The zero-order valence-corrected chi connectivity index (χ0v) is 18.7. The van der Waals surface area contributed by atoms with Gasteiger partial charge in [0.05, 0.1) is 11.3 Å². The summed E-state index contributed by atoms with van der Waals surface area (Å²) in [6.07, 6.45) is 0. The minimum absolute atomic E-state index is 0.266. The fourth-order valence-corrected chi connectivity index (χ4v) is 3.97. The zero-order valence-electron chi connectivity index (χ0n) is 17.9. The molecular formula is C26H23ClN2O2. The van der Waals surface area contributed by atoms with Gasteiger partial charge < -0.3 is 5.32 Å². The number of benzene rings is 3. The fourth-order valence-electron chi connectivity index (χ4n) is 3.75. The molecule has 31 heavy (non-hydrogen) atoms. The number of carbonyl (C=O) groups is 2. The number of aryl methyl sites for hydroxylation is 4. The van der Waals surface area contributed by atoms with Crippen molar-refractivity contribution < 1.29 is 9.59 Å². The molecule has 156 valence electrons. The van der Waals surface area contributed by atoms with Gasteiger partial charge in [0, 0.05) is 10.7 Å². The maximum absolute atomic E-state index is 13.6. The summed E-state index contributed by atoms with van der Waals surface area (Å²) in [5.41, 5.74) is 6.58. The molecule has 0 saturated carbocycles. The van der Waals surface area contributed by atoms with Gasteiger partial charge in [0.15, 0.2) is 0 Å². The van der Waals surface area contributed by atoms with E-state index in [2.05, 4.69) is 5.32 Å². The van der Waals surface area contributed by atoms with E-state index in [0.717, 1.165) is 27.9 Å². The summed E-state index contributed by atoms with van der Waals surface area (Å²) in [4.78, 5) is 28.4. The Morgan fingerprint density at radius 2 is 1.48 bits per heavy atom. The third kappa shape index (κ3) is 3.75. The second-order valence-corrected chi connectivity index (χ2v) is 8.30. The van der Waals surface area contributed by atoms with Crippen molar-refractivity contribution in [2.45, 2.75) is 27.7 Å². The lowest BCUT2D eigenvalue weighted by Crippen LogP contribution is -2.33. The van der Waals surface area contributed by atoms with Crippen LogP contribution in [0.15, 0.2) is 66.4 Å². The van der Waals surface area contributed by atoms with Crippen molar-refractivity contribution in [1.82, 2.24) is 0 Å². The molecule has 2 amide bonds. The molecular weight excluding hydrogens is 408 g/mol. The molecule has 1 aliphatic heterocycles. The maximum Gasteiger partial charge on any atom is 0.282 e. The standard InChI is InChI=1S/C26H23ClN2O2/c1-15-9-10-19(13-17(15)3)23-24(28-21-12-11-20(27)14-18(21)4)26(31)29(25(23)30)22-8-6-5-7-16(22)2/h5-14,28H,1-4H3. The van der Waals surface area contributed by atoms with Crippen LogP contribution in [0.5, 0.6) is 0 Å². The van der Waals surface area contributed by atoms with Crippen LogP contribution in [0.4, 0.5) is 11.4 Å². The van der Waals surface area contributed by atoms with Crippen LogP contribution < -0.4 is 10.2 Å². The van der Waals surface area contributed by atoms with Crippen LogP contribution in [-0.2, 0) is 9.59 Å². The summed E-state index contributed by atoms with van der Waals surface area (Å²) in [6, 6.07) is 18.6. The first-order valence-electron chi connectivity index (χ1n) is 10.1. The number of anilines is 2. The highest BCUT2D eigenvalue weighted by Gasteiger charge is 2.41. The van der Waals surface area contributed by atoms with Crippen molar-refractivity contribution in [3.8, 4) is 0 Å². The van der Waals surface area contributed by atoms with Gasteiger partial charge in [0.25, 0.3) is 11.8 Å². The van der Waals surface area contributed by atoms with Crippen molar-refractivity contribution >= 4 is 40.4 Å². The number of amides is 2. The highest BCUT2D eigenvalue weighted by Crippen LogP contribution is 2.36. The molecule has 4 rings (SSSR count). The quantitative estimate of drug-likeness (QED) is 0.518. The van der Waals surface area contributed by atoms with E-state index in [4.69, 9.17) is 11.6 Å². The predicted octanol–water partition coefficient (Wildman–Crippen LogP) is 5.97. The van der Waals surface area contributed by atoms with E-state index in [9.17, 15) is 9.59 Å². The molecule has 1 heterocycles. The highest BCUT2D eigenvalue weighted by atomic mass is 35.5. The number of rotatable bonds is 4. The Morgan fingerprint density at radius 3 is 2.16 bits per heavy atom. The van der Waals surface area contributed by atoms with Gasteiger partial charge >= 0.3 is 0 Å². The molecule has 1 aliphatic rings. The Morgan fingerprint density at radius 1 is 0.742 bits per heavy atom. The van der Waals surface area contributed by atoms with Crippen LogP contribution in [0.25, 0.3) is 5.57 Å². The van der Waals surface area contributed by atoms with E-state index < -0.39 is 0 Å². The molecule has 0 fully saturated rings. The summed E-state index contributed by atoms with van der Waals surface area (Å²) < 4.78 is 0. The van der Waals surface area contributed by atoms with Gasteiger partial charge in [-0.2, -0.15) is 0 Å². The highest BCUT2D eigenvalue weighted by molar-refractivity contribution is 6.46. The minimum Gasteiger partial charge on any atom is -0.350 e. The van der Waals surface area contributed by atoms with Crippen LogP contribution in [0.2, 0.25) is 5.02 Å². The van der Waals surface area contributed by atoms with Gasteiger partial charge in [-0.05, 0) is 79.8 Å². The second-order valence-electron chi connectivity index (χ2n) is 7.87. The number of hydrogen-bond acceptors (Lipinski definition) is 3. The molecule has 4 nitrogen and oxygen atoms in total. The van der Waals surface area contributed by atoms with Gasteiger partial charge in [-0.15, -0.1) is 0 Å². The molecule has 0 unspecified atom stereocenters. The van der Waals surface area contributed by atoms with Crippen LogP contribution in [0.1, 0.15) is 27.8 Å². The number of hydrogen-bond donors (Lipinski definition) is 1. The lowest BCUT2D eigenvalue weighted by Gasteiger charge is -2.18. The number of nitrogens with zero attached hydrogens (tertiary/aromatic N) is 1. The van der Waals surface area contributed by atoms with Gasteiger partial charge in [-0.1, -0.05) is 48.0 Å². The summed E-state index contributed by atoms with van der Waals surface area (Å²) in [6.45, 7) is 7.81. The maximum atomic E-state index is 13.6. The smallest absolute Gasteiger partial charge is 0.282 e. The molecule has 3 aromatic rings. The lowest BCUT2D eigenvalue weighted by molar-refractivity contribution is -0.120. The Kier molecular flexibility index (Phi) is 5.42. The molecule has 0 radical (unpaired) electrons. The number of para-hydroxylation sites is 1. The average Bonchev–Trinajstić information content (AvgIpc) is 2.96. The van der Waals surface area contributed by atoms with E-state index in [0.29, 0.717) is 21.8 Å². The third-order valence-corrected chi connectivity index (χ3v) is 5.92. The number of carbonyl (C=O) groups excluding carboxylic acids is 2. The normalized spacial score (nSPS) is 13.9. The van der Waals surface area contributed by atoms with Crippen molar-refractivity contribution in [3.05, 3.63) is 99.2 Å². The largest absolute Gasteiger partial charge is 0.350 e. The fraction of sp³-hybridized carbons (Fsp3) is 0.154. The van der Waals surface area contributed by atoms with Crippen molar-refractivity contribution in [1.29, 1.82) is 0 Å². The van der Waals surface area contributed by atoms with E-state index >= 15 is 0 Å². The number of nitrogens with one attached hydrogen (secondary N) is 1. The molecule has 5 heteroatoms. The minimum atomic E-state index is -0.373. The first-order valence-corrected chi connectivity index (χ1v) is 10.4. The Labute approximate surface area is 187 Å². The van der Waals surface area contributed by atoms with E-state index in [1.807, 2.05) is 76.2 Å². The Balaban J connectivity index is 1.88. The van der Waals surface area contributed by atoms with Gasteiger partial charge in [0.1, 0.15) is 5.70 Å².